The van der Waals surface area contributed by atoms with E-state index in [1.54, 1.807) is 6.08 Å². The lowest BCUT2D eigenvalue weighted by Crippen LogP contribution is -2.11. The third-order valence-corrected chi connectivity index (χ3v) is 3.56. The lowest BCUT2D eigenvalue weighted by molar-refractivity contribution is -0.116. The van der Waals surface area contributed by atoms with Gasteiger partial charge in [-0.1, -0.05) is 31.2 Å². The molecule has 0 spiro atoms. The van der Waals surface area contributed by atoms with Crippen LogP contribution in [-0.2, 0) is 9.53 Å². The van der Waals surface area contributed by atoms with Crippen LogP contribution in [0.15, 0.2) is 47.8 Å². The van der Waals surface area contributed by atoms with Crippen molar-refractivity contribution in [1.29, 1.82) is 0 Å². The second-order valence-electron chi connectivity index (χ2n) is 5.05. The Bertz CT molecular complexity index is 465. The van der Waals surface area contributed by atoms with Gasteiger partial charge in [-0.2, -0.15) is 0 Å². The molecule has 3 aliphatic rings. The fourth-order valence-electron chi connectivity index (χ4n) is 2.23. The topological polar surface area (TPSA) is 26.3 Å². The van der Waals surface area contributed by atoms with Crippen LogP contribution >= 0.6 is 0 Å². The van der Waals surface area contributed by atoms with Crippen molar-refractivity contribution < 1.29 is 9.53 Å². The first-order valence-electron chi connectivity index (χ1n) is 6.18. The quantitative estimate of drug-likeness (QED) is 0.742. The molecule has 0 aromatic carbocycles. The molecule has 0 aromatic heterocycles. The molecule has 0 aromatic rings. The molecule has 0 aliphatic heterocycles. The van der Waals surface area contributed by atoms with E-state index in [1.165, 1.54) is 12.0 Å². The average molecular weight is 228 g/mol. The SMILES string of the molecule is CC1C=CC(OCC2=CC3CC3C=C2)=CC1=O. The molecule has 88 valence electrons. The zero-order valence-electron chi connectivity index (χ0n) is 9.93. The van der Waals surface area contributed by atoms with E-state index in [9.17, 15) is 4.79 Å². The highest BCUT2D eigenvalue weighted by atomic mass is 16.5. The molecule has 3 atom stereocenters. The van der Waals surface area contributed by atoms with Gasteiger partial charge in [0.15, 0.2) is 5.78 Å². The number of allylic oxidation sites excluding steroid dienone is 5. The number of carbonyl (C=O) groups is 1. The summed E-state index contributed by atoms with van der Waals surface area (Å²) in [6.07, 6.45) is 13.4. The molecule has 17 heavy (non-hydrogen) atoms. The molecule has 0 radical (unpaired) electrons. The van der Waals surface area contributed by atoms with Crippen molar-refractivity contribution in [3.05, 3.63) is 47.8 Å². The van der Waals surface area contributed by atoms with Crippen LogP contribution in [0.4, 0.5) is 0 Å². The van der Waals surface area contributed by atoms with E-state index in [2.05, 4.69) is 18.2 Å². The van der Waals surface area contributed by atoms with Gasteiger partial charge in [0.1, 0.15) is 12.4 Å². The second-order valence-corrected chi connectivity index (χ2v) is 5.05. The van der Waals surface area contributed by atoms with Crippen LogP contribution in [0.3, 0.4) is 0 Å². The molecule has 2 nitrogen and oxygen atoms in total. The molecule has 1 fully saturated rings. The molecule has 0 bridgehead atoms. The third-order valence-electron chi connectivity index (χ3n) is 3.56. The van der Waals surface area contributed by atoms with Crippen molar-refractivity contribution >= 4 is 5.78 Å². The summed E-state index contributed by atoms with van der Waals surface area (Å²) in [5, 5.41) is 0. The Morgan fingerprint density at radius 2 is 2.18 bits per heavy atom. The minimum absolute atomic E-state index is 0.0108. The van der Waals surface area contributed by atoms with Gasteiger partial charge < -0.3 is 4.74 Å². The Morgan fingerprint density at radius 1 is 1.29 bits per heavy atom. The summed E-state index contributed by atoms with van der Waals surface area (Å²) in [6, 6.07) is 0. The summed E-state index contributed by atoms with van der Waals surface area (Å²) < 4.78 is 5.64. The summed E-state index contributed by atoms with van der Waals surface area (Å²) in [4.78, 5) is 11.5. The van der Waals surface area contributed by atoms with E-state index in [4.69, 9.17) is 4.74 Å². The Kier molecular flexibility index (Phi) is 2.50. The van der Waals surface area contributed by atoms with Crippen LogP contribution in [-0.4, -0.2) is 12.4 Å². The van der Waals surface area contributed by atoms with Crippen molar-refractivity contribution in [2.24, 2.45) is 17.8 Å². The summed E-state index contributed by atoms with van der Waals surface area (Å²) >= 11 is 0. The smallest absolute Gasteiger partial charge is 0.165 e. The van der Waals surface area contributed by atoms with Crippen LogP contribution in [0.5, 0.6) is 0 Å². The van der Waals surface area contributed by atoms with Crippen molar-refractivity contribution in [3.63, 3.8) is 0 Å². The molecule has 0 saturated heterocycles. The fourth-order valence-corrected chi connectivity index (χ4v) is 2.23. The summed E-state index contributed by atoms with van der Waals surface area (Å²) in [6.45, 7) is 2.46. The van der Waals surface area contributed by atoms with Gasteiger partial charge in [-0.05, 0) is 29.9 Å². The maximum Gasteiger partial charge on any atom is 0.165 e. The van der Waals surface area contributed by atoms with Gasteiger partial charge in [0.25, 0.3) is 0 Å². The molecular weight excluding hydrogens is 212 g/mol. The highest BCUT2D eigenvalue weighted by Crippen LogP contribution is 2.44. The number of fused-ring (bicyclic) bond motifs is 1. The summed E-state index contributed by atoms with van der Waals surface area (Å²) in [5.41, 5.74) is 1.23. The molecule has 3 rings (SSSR count). The Hall–Kier alpha value is -1.57. The maximum atomic E-state index is 11.5. The summed E-state index contributed by atoms with van der Waals surface area (Å²) in [5.74, 6) is 2.33. The van der Waals surface area contributed by atoms with Crippen LogP contribution in [0.25, 0.3) is 0 Å². The Morgan fingerprint density at radius 3 is 2.94 bits per heavy atom. The van der Waals surface area contributed by atoms with Crippen LogP contribution in [0, 0.1) is 17.8 Å². The molecule has 3 unspecified atom stereocenters. The monoisotopic (exact) mass is 228 g/mol. The second kappa shape index (κ2) is 4.02. The standard InChI is InChI=1S/C15H16O2/c1-10-2-5-14(8-15(10)16)17-9-11-3-4-12-7-13(12)6-11/h2-6,8,10,12-13H,7,9H2,1H3. The van der Waals surface area contributed by atoms with E-state index in [0.29, 0.717) is 12.4 Å². The zero-order valence-corrected chi connectivity index (χ0v) is 9.93. The summed E-state index contributed by atoms with van der Waals surface area (Å²) in [7, 11) is 0. The number of ether oxygens (including phenoxy) is 1. The van der Waals surface area contributed by atoms with Gasteiger partial charge in [0.2, 0.25) is 0 Å². The maximum absolute atomic E-state index is 11.5. The fraction of sp³-hybridized carbons (Fsp3) is 0.400. The lowest BCUT2D eigenvalue weighted by atomic mass is 10.0. The van der Waals surface area contributed by atoms with E-state index in [-0.39, 0.29) is 11.7 Å². The van der Waals surface area contributed by atoms with Crippen LogP contribution in [0.2, 0.25) is 0 Å². The Balaban J connectivity index is 1.58. The number of rotatable bonds is 3. The average Bonchev–Trinajstić information content (AvgIpc) is 3.09. The molecule has 1 saturated carbocycles. The molecule has 0 heterocycles. The van der Waals surface area contributed by atoms with E-state index < -0.39 is 0 Å². The van der Waals surface area contributed by atoms with Gasteiger partial charge in [-0.15, -0.1) is 0 Å². The predicted octanol–water partition coefficient (Wildman–Crippen LogP) is 2.79. The number of carbonyl (C=O) groups excluding carboxylic acids is 1. The normalized spacial score (nSPS) is 33.9. The van der Waals surface area contributed by atoms with Gasteiger partial charge in [-0.3, -0.25) is 4.79 Å². The predicted molar refractivity (Wildman–Crippen MR) is 66.2 cm³/mol. The highest BCUT2D eigenvalue weighted by molar-refractivity contribution is 5.94. The first-order valence-corrected chi connectivity index (χ1v) is 6.18. The van der Waals surface area contributed by atoms with E-state index in [0.717, 1.165) is 11.8 Å². The van der Waals surface area contributed by atoms with Crippen molar-refractivity contribution in [2.45, 2.75) is 13.3 Å². The minimum atomic E-state index is -0.0108. The number of hydrogen-bond acceptors (Lipinski definition) is 2. The molecule has 0 N–H and O–H groups in total. The van der Waals surface area contributed by atoms with Crippen LogP contribution in [0.1, 0.15) is 13.3 Å². The van der Waals surface area contributed by atoms with E-state index in [1.807, 2.05) is 19.1 Å². The van der Waals surface area contributed by atoms with Gasteiger partial charge in [-0.25, -0.2) is 0 Å². The minimum Gasteiger partial charge on any atom is -0.489 e. The first kappa shape index (κ1) is 10.6. The highest BCUT2D eigenvalue weighted by Gasteiger charge is 2.34. The van der Waals surface area contributed by atoms with E-state index >= 15 is 0 Å². The van der Waals surface area contributed by atoms with Crippen molar-refractivity contribution in [2.75, 3.05) is 6.61 Å². The van der Waals surface area contributed by atoms with Gasteiger partial charge in [0.05, 0.1) is 0 Å². The van der Waals surface area contributed by atoms with Crippen molar-refractivity contribution in [1.82, 2.24) is 0 Å². The molecule has 2 heteroatoms. The lowest BCUT2D eigenvalue weighted by Gasteiger charge is -2.13. The van der Waals surface area contributed by atoms with Crippen molar-refractivity contribution in [3.8, 4) is 0 Å². The first-order chi connectivity index (χ1) is 8.22. The molecular formula is C15H16O2. The molecule has 0 amide bonds. The van der Waals surface area contributed by atoms with Gasteiger partial charge >= 0.3 is 0 Å². The van der Waals surface area contributed by atoms with Gasteiger partial charge in [0, 0.05) is 12.0 Å². The largest absolute Gasteiger partial charge is 0.489 e. The Labute approximate surface area is 101 Å². The number of ketones is 1. The van der Waals surface area contributed by atoms with Crippen LogP contribution < -0.4 is 0 Å². The molecule has 3 aliphatic carbocycles. The third kappa shape index (κ3) is 2.26. The zero-order chi connectivity index (χ0) is 11.8. The number of hydrogen-bond donors (Lipinski definition) is 0.